The Morgan fingerprint density at radius 1 is 0.830 bits per heavy atom. The number of aliphatic imine (C=N–C) groups is 1. The number of morpholine rings is 1. The van der Waals surface area contributed by atoms with Gasteiger partial charge in [-0.3, -0.25) is 24.3 Å². The molecule has 0 radical (unpaired) electrons. The Kier molecular flexibility index (Phi) is 11.2. The zero-order valence-electron chi connectivity index (χ0n) is 29.3. The Bertz CT molecular complexity index is 2000. The standard InChI is InChI=1S/C42H40N6O4S/c1-29(44-40(50)37(30-10-4-2-5-11-30)31-12-6-3-7-13-31)39(49)45-33-17-15-32(16-18-33)38-41(51)48(28-35-14-8-9-23-43-35)42(53-38)46-34-19-21-36(22-20-34)47-24-26-52-27-25-47/h2-23,29,37-38H,24-28H2,1H3,(H,44,50)(H,45,49)/t29-,38?/m1/s1. The number of amides is 3. The third-order valence-corrected chi connectivity index (χ3v) is 10.4. The van der Waals surface area contributed by atoms with Crippen molar-refractivity contribution in [3.63, 3.8) is 0 Å². The van der Waals surface area contributed by atoms with Gasteiger partial charge in [0.2, 0.25) is 17.7 Å². The van der Waals surface area contributed by atoms with E-state index in [0.29, 0.717) is 30.6 Å². The van der Waals surface area contributed by atoms with Gasteiger partial charge in [0.15, 0.2) is 5.17 Å². The van der Waals surface area contributed by atoms with Crippen LogP contribution in [0.5, 0.6) is 0 Å². The molecule has 0 bridgehead atoms. The van der Waals surface area contributed by atoms with Crippen LogP contribution in [0.15, 0.2) is 139 Å². The van der Waals surface area contributed by atoms with Gasteiger partial charge in [0, 0.05) is 30.7 Å². The van der Waals surface area contributed by atoms with Gasteiger partial charge in [-0.15, -0.1) is 0 Å². The number of amidine groups is 1. The summed E-state index contributed by atoms with van der Waals surface area (Å²) in [7, 11) is 0. The summed E-state index contributed by atoms with van der Waals surface area (Å²) in [4.78, 5) is 54.1. The molecule has 3 heterocycles. The summed E-state index contributed by atoms with van der Waals surface area (Å²) >= 11 is 1.39. The monoisotopic (exact) mass is 724 g/mol. The quantitative estimate of drug-likeness (QED) is 0.156. The number of nitrogens with one attached hydrogen (secondary N) is 2. The predicted octanol–water partition coefficient (Wildman–Crippen LogP) is 6.70. The van der Waals surface area contributed by atoms with Crippen LogP contribution in [0.2, 0.25) is 0 Å². The molecule has 0 saturated carbocycles. The van der Waals surface area contributed by atoms with E-state index in [1.165, 1.54) is 11.8 Å². The van der Waals surface area contributed by atoms with E-state index < -0.39 is 17.2 Å². The van der Waals surface area contributed by atoms with Crippen molar-refractivity contribution in [1.82, 2.24) is 15.2 Å². The van der Waals surface area contributed by atoms with Crippen LogP contribution in [0.1, 0.15) is 40.5 Å². The van der Waals surface area contributed by atoms with Gasteiger partial charge in [0.1, 0.15) is 11.3 Å². The molecule has 2 saturated heterocycles. The summed E-state index contributed by atoms with van der Waals surface area (Å²) in [5.74, 6) is -1.27. The molecule has 7 rings (SSSR count). The van der Waals surface area contributed by atoms with Gasteiger partial charge in [-0.25, -0.2) is 4.99 Å². The first-order chi connectivity index (χ1) is 25.9. The lowest BCUT2D eigenvalue weighted by atomic mass is 9.90. The first kappa shape index (κ1) is 35.6. The second-order valence-corrected chi connectivity index (χ2v) is 13.9. The fraction of sp³-hybridized carbons (Fsp3) is 0.214. The van der Waals surface area contributed by atoms with E-state index in [1.54, 1.807) is 30.2 Å². The van der Waals surface area contributed by atoms with Crippen molar-refractivity contribution in [3.05, 3.63) is 156 Å². The number of carbonyl (C=O) groups excluding carboxylic acids is 3. The number of nitrogens with zero attached hydrogens (tertiary/aromatic N) is 4. The smallest absolute Gasteiger partial charge is 0.247 e. The highest BCUT2D eigenvalue weighted by Gasteiger charge is 2.39. The number of pyridine rings is 1. The molecule has 1 unspecified atom stereocenters. The number of benzene rings is 4. The molecule has 2 aliphatic heterocycles. The van der Waals surface area contributed by atoms with E-state index in [9.17, 15) is 14.4 Å². The molecule has 53 heavy (non-hydrogen) atoms. The number of ether oxygens (including phenoxy) is 1. The Morgan fingerprint density at radius 3 is 2.09 bits per heavy atom. The highest BCUT2D eigenvalue weighted by molar-refractivity contribution is 8.15. The molecule has 1 aromatic heterocycles. The maximum Gasteiger partial charge on any atom is 0.247 e. The van der Waals surface area contributed by atoms with Crippen LogP contribution in [0.3, 0.4) is 0 Å². The first-order valence-electron chi connectivity index (χ1n) is 17.6. The molecule has 2 fully saturated rings. The number of thioether (sulfide) groups is 1. The lowest BCUT2D eigenvalue weighted by Crippen LogP contribution is -2.43. The van der Waals surface area contributed by atoms with Crippen molar-refractivity contribution in [2.24, 2.45) is 4.99 Å². The molecular formula is C42H40N6O4S. The second kappa shape index (κ2) is 16.7. The number of anilines is 2. The van der Waals surface area contributed by atoms with Crippen LogP contribution in [0.4, 0.5) is 17.1 Å². The SMILES string of the molecule is C[C@@H](NC(=O)C(c1ccccc1)c1ccccc1)C(=O)Nc1ccc(C2SC(=Nc3ccc(N4CCOCC4)cc3)N(Cc3ccccn3)C2=O)cc1. The van der Waals surface area contributed by atoms with E-state index in [0.717, 1.165) is 46.8 Å². The summed E-state index contributed by atoms with van der Waals surface area (Å²) in [6.45, 7) is 5.07. The van der Waals surface area contributed by atoms with Crippen molar-refractivity contribution in [2.45, 2.75) is 30.7 Å². The molecule has 0 spiro atoms. The Morgan fingerprint density at radius 2 is 1.47 bits per heavy atom. The highest BCUT2D eigenvalue weighted by Crippen LogP contribution is 2.41. The highest BCUT2D eigenvalue weighted by atomic mass is 32.2. The van der Waals surface area contributed by atoms with Crippen LogP contribution < -0.4 is 15.5 Å². The zero-order chi connectivity index (χ0) is 36.6. The summed E-state index contributed by atoms with van der Waals surface area (Å²) < 4.78 is 5.49. The van der Waals surface area contributed by atoms with Crippen molar-refractivity contribution in [3.8, 4) is 0 Å². The number of carbonyl (C=O) groups is 3. The molecule has 10 nitrogen and oxygen atoms in total. The molecule has 2 aliphatic rings. The molecule has 0 aliphatic carbocycles. The molecule has 2 atom stereocenters. The lowest BCUT2D eigenvalue weighted by molar-refractivity contribution is -0.126. The minimum Gasteiger partial charge on any atom is -0.378 e. The van der Waals surface area contributed by atoms with Crippen molar-refractivity contribution in [2.75, 3.05) is 36.5 Å². The fourth-order valence-electron chi connectivity index (χ4n) is 6.36. The van der Waals surface area contributed by atoms with Gasteiger partial charge in [-0.1, -0.05) is 90.6 Å². The molecule has 2 N–H and O–H groups in total. The molecule has 3 amide bonds. The average Bonchev–Trinajstić information content (AvgIpc) is 3.50. The minimum absolute atomic E-state index is 0.0937. The van der Waals surface area contributed by atoms with Crippen LogP contribution in [0, 0.1) is 0 Å². The van der Waals surface area contributed by atoms with E-state index in [-0.39, 0.29) is 17.7 Å². The number of hydrogen-bond donors (Lipinski definition) is 2. The molecular weight excluding hydrogens is 685 g/mol. The Labute approximate surface area is 313 Å². The van der Waals surface area contributed by atoms with E-state index in [1.807, 2.05) is 103 Å². The molecule has 4 aromatic carbocycles. The van der Waals surface area contributed by atoms with Crippen LogP contribution in [-0.2, 0) is 25.7 Å². The largest absolute Gasteiger partial charge is 0.378 e. The lowest BCUT2D eigenvalue weighted by Gasteiger charge is -2.28. The summed E-state index contributed by atoms with van der Waals surface area (Å²) in [6, 6.07) is 39.2. The zero-order valence-corrected chi connectivity index (χ0v) is 30.1. The summed E-state index contributed by atoms with van der Waals surface area (Å²) in [5, 5.41) is 5.87. The van der Waals surface area contributed by atoms with Gasteiger partial charge in [-0.2, -0.15) is 0 Å². The Hall–Kier alpha value is -5.78. The third-order valence-electron chi connectivity index (χ3n) is 9.20. The van der Waals surface area contributed by atoms with E-state index in [2.05, 4.69) is 32.7 Å². The summed E-state index contributed by atoms with van der Waals surface area (Å²) in [6.07, 6.45) is 1.71. The van der Waals surface area contributed by atoms with Gasteiger partial charge < -0.3 is 20.3 Å². The van der Waals surface area contributed by atoms with Gasteiger partial charge >= 0.3 is 0 Å². The van der Waals surface area contributed by atoms with Crippen molar-refractivity contribution >= 4 is 51.7 Å². The Balaban J connectivity index is 1.03. The number of aromatic nitrogens is 1. The average molecular weight is 725 g/mol. The van der Waals surface area contributed by atoms with Crippen LogP contribution in [0.25, 0.3) is 0 Å². The summed E-state index contributed by atoms with van der Waals surface area (Å²) in [5.41, 5.74) is 5.64. The van der Waals surface area contributed by atoms with Gasteiger partial charge in [0.25, 0.3) is 0 Å². The van der Waals surface area contributed by atoms with Gasteiger partial charge in [-0.05, 0) is 72.1 Å². The number of hydrogen-bond acceptors (Lipinski definition) is 8. The molecule has 11 heteroatoms. The fourth-order valence-corrected chi connectivity index (χ4v) is 7.53. The minimum atomic E-state index is -0.800. The van der Waals surface area contributed by atoms with E-state index in [4.69, 9.17) is 9.73 Å². The maximum absolute atomic E-state index is 14.0. The topological polar surface area (TPSA) is 116 Å². The number of rotatable bonds is 11. The third kappa shape index (κ3) is 8.65. The first-order valence-corrected chi connectivity index (χ1v) is 18.5. The second-order valence-electron chi connectivity index (χ2n) is 12.8. The van der Waals surface area contributed by atoms with Crippen molar-refractivity contribution < 1.29 is 19.1 Å². The van der Waals surface area contributed by atoms with Crippen LogP contribution >= 0.6 is 11.8 Å². The normalized spacial score (nSPS) is 17.2. The van der Waals surface area contributed by atoms with Crippen molar-refractivity contribution in [1.29, 1.82) is 0 Å². The maximum atomic E-state index is 14.0. The molecule has 268 valence electrons. The van der Waals surface area contributed by atoms with E-state index >= 15 is 0 Å². The van der Waals surface area contributed by atoms with Gasteiger partial charge in [0.05, 0.1) is 37.1 Å². The molecule has 5 aromatic rings. The van der Waals surface area contributed by atoms with Crippen LogP contribution in [-0.4, -0.2) is 65.1 Å². The predicted molar refractivity (Wildman–Crippen MR) is 209 cm³/mol.